The summed E-state index contributed by atoms with van der Waals surface area (Å²) in [5.41, 5.74) is 3.26. The highest BCUT2D eigenvalue weighted by Gasteiger charge is 2.13. The minimum Gasteiger partial charge on any atom is -0.298 e. The van der Waals surface area contributed by atoms with Crippen LogP contribution in [0.1, 0.15) is 57.1 Å². The van der Waals surface area contributed by atoms with E-state index in [9.17, 15) is 8.42 Å². The minimum absolute atomic E-state index is 0.225. The highest BCUT2D eigenvalue weighted by Crippen LogP contribution is 2.19. The van der Waals surface area contributed by atoms with Crippen LogP contribution in [0, 0.1) is 0 Å². The Labute approximate surface area is 147 Å². The number of rotatable bonds is 12. The van der Waals surface area contributed by atoms with Crippen molar-refractivity contribution in [1.29, 1.82) is 0 Å². The van der Waals surface area contributed by atoms with E-state index in [4.69, 9.17) is 4.55 Å². The lowest BCUT2D eigenvalue weighted by Gasteiger charge is -2.23. The van der Waals surface area contributed by atoms with Crippen LogP contribution < -0.4 is 0 Å². The molecule has 0 fully saturated rings. The first-order chi connectivity index (χ1) is 11.3. The molecule has 5 heteroatoms. The zero-order valence-corrected chi connectivity index (χ0v) is 15.8. The molecule has 0 aliphatic rings. The molecular formula is C19H31NO3S. The van der Waals surface area contributed by atoms with Crippen LogP contribution in [0.5, 0.6) is 0 Å². The van der Waals surface area contributed by atoms with E-state index in [1.54, 1.807) is 0 Å². The summed E-state index contributed by atoms with van der Waals surface area (Å²) in [6.45, 7) is 10.0. The molecule has 1 N–H and O–H groups in total. The third-order valence-electron chi connectivity index (χ3n) is 4.11. The first-order valence-corrected chi connectivity index (χ1v) is 10.4. The maximum absolute atomic E-state index is 11.1. The van der Waals surface area contributed by atoms with Crippen molar-refractivity contribution >= 4 is 15.7 Å². The summed E-state index contributed by atoms with van der Waals surface area (Å²) in [6, 6.07) is 8.08. The molecule has 4 nitrogen and oxygen atoms in total. The van der Waals surface area contributed by atoms with E-state index in [0.29, 0.717) is 13.1 Å². The van der Waals surface area contributed by atoms with Crippen LogP contribution in [0.25, 0.3) is 5.57 Å². The van der Waals surface area contributed by atoms with E-state index in [1.165, 1.54) is 19.3 Å². The number of benzene rings is 1. The Morgan fingerprint density at radius 1 is 1.12 bits per heavy atom. The molecule has 0 aromatic heterocycles. The van der Waals surface area contributed by atoms with Crippen molar-refractivity contribution in [2.75, 3.05) is 18.8 Å². The summed E-state index contributed by atoms with van der Waals surface area (Å²) in [5, 5.41) is 0. The maximum atomic E-state index is 11.1. The summed E-state index contributed by atoms with van der Waals surface area (Å²) in [5.74, 6) is -0.225. The lowest BCUT2D eigenvalue weighted by atomic mass is 10.0. The molecule has 1 aromatic rings. The second-order valence-electron chi connectivity index (χ2n) is 6.41. The van der Waals surface area contributed by atoms with Crippen molar-refractivity contribution in [1.82, 2.24) is 4.90 Å². The Balaban J connectivity index is 2.71. The van der Waals surface area contributed by atoms with Crippen molar-refractivity contribution < 1.29 is 13.0 Å². The van der Waals surface area contributed by atoms with Crippen molar-refractivity contribution in [3.8, 4) is 0 Å². The topological polar surface area (TPSA) is 57.6 Å². The Morgan fingerprint density at radius 3 is 2.42 bits per heavy atom. The monoisotopic (exact) mass is 353 g/mol. The van der Waals surface area contributed by atoms with Gasteiger partial charge in [0.2, 0.25) is 0 Å². The van der Waals surface area contributed by atoms with E-state index < -0.39 is 10.1 Å². The van der Waals surface area contributed by atoms with Gasteiger partial charge in [0.05, 0.1) is 5.75 Å². The fourth-order valence-electron chi connectivity index (χ4n) is 2.77. The van der Waals surface area contributed by atoms with E-state index in [0.717, 1.165) is 36.1 Å². The van der Waals surface area contributed by atoms with Gasteiger partial charge in [-0.3, -0.25) is 9.45 Å². The van der Waals surface area contributed by atoms with Gasteiger partial charge in [-0.15, -0.1) is 0 Å². The molecule has 0 radical (unpaired) electrons. The predicted octanol–water partition coefficient (Wildman–Crippen LogP) is 4.38. The molecule has 0 bridgehead atoms. The molecule has 0 saturated carbocycles. The van der Waals surface area contributed by atoms with Crippen molar-refractivity contribution in [3.05, 3.63) is 42.0 Å². The summed E-state index contributed by atoms with van der Waals surface area (Å²) < 4.78 is 31.2. The average Bonchev–Trinajstić information content (AvgIpc) is 2.51. The van der Waals surface area contributed by atoms with Gasteiger partial charge in [0.15, 0.2) is 0 Å². The zero-order chi connectivity index (χ0) is 18.0. The molecule has 0 saturated heterocycles. The normalized spacial score (nSPS) is 11.8. The first-order valence-electron chi connectivity index (χ1n) is 8.74. The minimum atomic E-state index is -3.94. The van der Waals surface area contributed by atoms with Crippen LogP contribution in [0.3, 0.4) is 0 Å². The van der Waals surface area contributed by atoms with Gasteiger partial charge in [-0.05, 0) is 31.0 Å². The van der Waals surface area contributed by atoms with Gasteiger partial charge >= 0.3 is 0 Å². The molecule has 0 atom stereocenters. The number of allylic oxidation sites excluding steroid dienone is 1. The number of hydrogen-bond acceptors (Lipinski definition) is 3. The molecule has 0 spiro atoms. The standard InChI is InChI=1S/C19H31NO3S/c1-4-5-6-7-10-13-20(14-15-24(21,22)23)16-18-11-8-9-12-19(18)17(2)3/h8-9,11-12H,2,4-7,10,13-16H2,1,3H3,(H,21,22,23). The lowest BCUT2D eigenvalue weighted by Crippen LogP contribution is -2.30. The van der Waals surface area contributed by atoms with Crippen molar-refractivity contribution in [2.24, 2.45) is 0 Å². The Kier molecular flexibility index (Phi) is 9.26. The van der Waals surface area contributed by atoms with Gasteiger partial charge in [-0.2, -0.15) is 8.42 Å². The first kappa shape index (κ1) is 20.9. The molecule has 0 amide bonds. The second-order valence-corrected chi connectivity index (χ2v) is 7.99. The molecule has 0 aliphatic heterocycles. The van der Waals surface area contributed by atoms with Crippen LogP contribution in [0.2, 0.25) is 0 Å². The molecular weight excluding hydrogens is 322 g/mol. The number of hydrogen-bond donors (Lipinski definition) is 1. The van der Waals surface area contributed by atoms with E-state index in [2.05, 4.69) is 24.5 Å². The van der Waals surface area contributed by atoms with E-state index in [1.807, 2.05) is 25.1 Å². The molecule has 0 unspecified atom stereocenters. The van der Waals surface area contributed by atoms with Crippen molar-refractivity contribution in [2.45, 2.75) is 52.5 Å². The van der Waals surface area contributed by atoms with Crippen LogP contribution in [0.15, 0.2) is 30.8 Å². The molecule has 136 valence electrons. The molecule has 0 heterocycles. The molecule has 0 aliphatic carbocycles. The SMILES string of the molecule is C=C(C)c1ccccc1CN(CCCCCCC)CCS(=O)(=O)O. The summed E-state index contributed by atoms with van der Waals surface area (Å²) in [4.78, 5) is 2.11. The fraction of sp³-hybridized carbons (Fsp3) is 0.579. The highest BCUT2D eigenvalue weighted by atomic mass is 32.2. The molecule has 1 rings (SSSR count). The predicted molar refractivity (Wildman–Crippen MR) is 102 cm³/mol. The van der Waals surface area contributed by atoms with Crippen LogP contribution in [-0.2, 0) is 16.7 Å². The van der Waals surface area contributed by atoms with Crippen LogP contribution in [0.4, 0.5) is 0 Å². The Bertz CT molecular complexity index is 611. The maximum Gasteiger partial charge on any atom is 0.266 e. The lowest BCUT2D eigenvalue weighted by molar-refractivity contribution is 0.271. The average molecular weight is 354 g/mol. The number of unbranched alkanes of at least 4 members (excludes halogenated alkanes) is 4. The summed E-state index contributed by atoms with van der Waals surface area (Å²) in [7, 11) is -3.94. The third kappa shape index (κ3) is 8.62. The van der Waals surface area contributed by atoms with Gasteiger partial charge in [0.25, 0.3) is 10.1 Å². The summed E-state index contributed by atoms with van der Waals surface area (Å²) >= 11 is 0. The van der Waals surface area contributed by atoms with E-state index in [-0.39, 0.29) is 5.75 Å². The zero-order valence-electron chi connectivity index (χ0n) is 15.0. The van der Waals surface area contributed by atoms with Gasteiger partial charge in [0, 0.05) is 13.1 Å². The Morgan fingerprint density at radius 2 is 1.79 bits per heavy atom. The van der Waals surface area contributed by atoms with Gasteiger partial charge < -0.3 is 0 Å². The Hall–Kier alpha value is -1.17. The van der Waals surface area contributed by atoms with E-state index >= 15 is 0 Å². The summed E-state index contributed by atoms with van der Waals surface area (Å²) in [6.07, 6.45) is 5.85. The largest absolute Gasteiger partial charge is 0.298 e. The smallest absolute Gasteiger partial charge is 0.266 e. The van der Waals surface area contributed by atoms with Crippen LogP contribution in [-0.4, -0.2) is 36.7 Å². The van der Waals surface area contributed by atoms with Gasteiger partial charge in [-0.25, -0.2) is 0 Å². The fourth-order valence-corrected chi connectivity index (χ4v) is 3.26. The molecule has 24 heavy (non-hydrogen) atoms. The van der Waals surface area contributed by atoms with Gasteiger partial charge in [-0.1, -0.05) is 69.0 Å². The van der Waals surface area contributed by atoms with Crippen LogP contribution >= 0.6 is 0 Å². The van der Waals surface area contributed by atoms with Gasteiger partial charge in [0.1, 0.15) is 0 Å². The molecule has 1 aromatic carbocycles. The quantitative estimate of drug-likeness (QED) is 0.447. The number of nitrogens with zero attached hydrogens (tertiary/aromatic N) is 1. The highest BCUT2D eigenvalue weighted by molar-refractivity contribution is 7.85. The third-order valence-corrected chi connectivity index (χ3v) is 4.81. The van der Waals surface area contributed by atoms with Crippen molar-refractivity contribution in [3.63, 3.8) is 0 Å². The second kappa shape index (κ2) is 10.6.